The van der Waals surface area contributed by atoms with Crippen LogP contribution in [0.1, 0.15) is 30.7 Å². The number of hydrogen-bond donors (Lipinski definition) is 0. The number of anilines is 2. The number of benzene rings is 2. The van der Waals surface area contributed by atoms with E-state index in [0.717, 1.165) is 37.7 Å². The third kappa shape index (κ3) is 11.8. The highest BCUT2D eigenvalue weighted by Crippen LogP contribution is 2.24. The highest BCUT2D eigenvalue weighted by molar-refractivity contribution is 8.76. The van der Waals surface area contributed by atoms with Crippen molar-refractivity contribution in [2.75, 3.05) is 54.5 Å². The van der Waals surface area contributed by atoms with Gasteiger partial charge in [0.1, 0.15) is 7.05 Å². The van der Waals surface area contributed by atoms with Crippen LogP contribution in [0, 0.1) is 0 Å². The molecule has 0 unspecified atom stereocenters. The van der Waals surface area contributed by atoms with Gasteiger partial charge in [-0.1, -0.05) is 76.2 Å². The van der Waals surface area contributed by atoms with Gasteiger partial charge in [0.2, 0.25) is 5.69 Å². The summed E-state index contributed by atoms with van der Waals surface area (Å²) in [6.45, 7) is 8.58. The van der Waals surface area contributed by atoms with Crippen molar-refractivity contribution >= 4 is 57.4 Å². The maximum atomic E-state index is 3.92. The molecule has 0 fully saturated rings. The molecule has 0 bridgehead atoms. The third-order valence-corrected chi connectivity index (χ3v) is 9.13. The fourth-order valence-electron chi connectivity index (χ4n) is 4.33. The summed E-state index contributed by atoms with van der Waals surface area (Å²) in [6, 6.07) is 24.0. The van der Waals surface area contributed by atoms with Crippen molar-refractivity contribution in [2.45, 2.75) is 13.8 Å². The van der Waals surface area contributed by atoms with Crippen LogP contribution in [0.25, 0.3) is 18.2 Å². The van der Waals surface area contributed by atoms with Gasteiger partial charge in [-0.15, -0.1) is 0 Å². The number of rotatable bonds is 17. The summed E-state index contributed by atoms with van der Waals surface area (Å²) in [5, 5.41) is 0. The van der Waals surface area contributed by atoms with E-state index in [4.69, 9.17) is 0 Å². The van der Waals surface area contributed by atoms with Crippen molar-refractivity contribution in [2.24, 2.45) is 12.0 Å². The number of aryl methyl sites for hydroxylation is 1. The molecule has 0 atom stereocenters. The van der Waals surface area contributed by atoms with Crippen molar-refractivity contribution in [3.8, 4) is 0 Å². The Morgan fingerprint density at radius 1 is 0.667 bits per heavy atom. The standard InChI is InChI=1S/C36H45N4S2/c1-5-39(35-22-17-32(18-23-35)14-10-8-7-9-12-26-37-3)28-30-41-42-31-29-40(6-2)36-24-19-33(20-25-36)16-21-34-15-11-13-27-38(34)4/h7-27H,5-6,28-31H2,1-4H3/q+1/b8-7+,12-9-,14-10+,37-26?. The summed E-state index contributed by atoms with van der Waals surface area (Å²) in [7, 11) is 7.79. The van der Waals surface area contributed by atoms with E-state index in [1.54, 1.807) is 13.3 Å². The van der Waals surface area contributed by atoms with Crippen molar-refractivity contribution in [1.82, 2.24) is 0 Å². The molecule has 3 rings (SSSR count). The van der Waals surface area contributed by atoms with Crippen LogP contribution in [0.15, 0.2) is 108 Å². The van der Waals surface area contributed by atoms with Gasteiger partial charge in [-0.25, -0.2) is 4.57 Å². The Labute approximate surface area is 261 Å². The minimum Gasteiger partial charge on any atom is -0.371 e. The molecule has 0 aliphatic carbocycles. The summed E-state index contributed by atoms with van der Waals surface area (Å²) in [6.07, 6.45) is 20.3. The first-order valence-corrected chi connectivity index (χ1v) is 17.1. The minimum atomic E-state index is 1.01. The molecule has 6 heteroatoms. The van der Waals surface area contributed by atoms with Crippen LogP contribution in [-0.4, -0.2) is 50.9 Å². The Morgan fingerprint density at radius 2 is 1.21 bits per heavy atom. The first kappa shape index (κ1) is 33.0. The SMILES string of the molecule is CCN(CCSSCCN(CC)c1ccc(/C=C/c2cccc[n+]2C)cc1)c1ccc(/C=C/C=C/C=C\C=NC)cc1. The molecule has 220 valence electrons. The summed E-state index contributed by atoms with van der Waals surface area (Å²) in [5.41, 5.74) is 6.18. The molecule has 0 N–H and O–H groups in total. The zero-order chi connectivity index (χ0) is 29.8. The molecule has 0 radical (unpaired) electrons. The predicted molar refractivity (Wildman–Crippen MR) is 192 cm³/mol. The Morgan fingerprint density at radius 3 is 1.76 bits per heavy atom. The molecule has 42 heavy (non-hydrogen) atoms. The lowest BCUT2D eigenvalue weighted by molar-refractivity contribution is -0.673. The maximum Gasteiger partial charge on any atom is 0.204 e. The quantitative estimate of drug-likeness (QED) is 0.0514. The fourth-order valence-corrected chi connectivity index (χ4v) is 6.31. The van der Waals surface area contributed by atoms with E-state index in [1.165, 1.54) is 28.2 Å². The Kier molecular flexibility index (Phi) is 15.4. The minimum absolute atomic E-state index is 1.01. The third-order valence-electron chi connectivity index (χ3n) is 6.76. The van der Waals surface area contributed by atoms with E-state index in [9.17, 15) is 0 Å². The molecule has 0 amide bonds. The monoisotopic (exact) mass is 597 g/mol. The van der Waals surface area contributed by atoms with Gasteiger partial charge in [-0.05, 0) is 67.5 Å². The molecule has 1 aromatic heterocycles. The Bertz CT molecular complexity index is 1330. The average Bonchev–Trinajstić information content (AvgIpc) is 3.02. The van der Waals surface area contributed by atoms with E-state index in [0.29, 0.717) is 0 Å². The fraction of sp³-hybridized carbons (Fsp3) is 0.278. The summed E-state index contributed by atoms with van der Waals surface area (Å²) >= 11 is 0. The van der Waals surface area contributed by atoms with Crippen molar-refractivity contribution in [3.63, 3.8) is 0 Å². The van der Waals surface area contributed by atoms with E-state index >= 15 is 0 Å². The van der Waals surface area contributed by atoms with Gasteiger partial charge in [0.05, 0.1) is 0 Å². The Hall–Kier alpha value is -3.48. The van der Waals surface area contributed by atoms with Crippen molar-refractivity contribution in [1.29, 1.82) is 0 Å². The van der Waals surface area contributed by atoms with Gasteiger partial charge in [0.15, 0.2) is 6.20 Å². The van der Waals surface area contributed by atoms with Gasteiger partial charge in [0.25, 0.3) is 0 Å². The number of nitrogens with zero attached hydrogens (tertiary/aromatic N) is 4. The second-order valence-corrected chi connectivity index (χ2v) is 12.3. The lowest BCUT2D eigenvalue weighted by Gasteiger charge is -2.24. The molecule has 0 aliphatic heterocycles. The molecular formula is C36H45N4S2+. The van der Waals surface area contributed by atoms with Crippen LogP contribution >= 0.6 is 21.6 Å². The highest BCUT2D eigenvalue weighted by Gasteiger charge is 2.07. The molecule has 0 spiro atoms. The Balaban J connectivity index is 1.38. The number of pyridine rings is 1. The zero-order valence-corrected chi connectivity index (χ0v) is 27.1. The van der Waals surface area contributed by atoms with Gasteiger partial charge in [0, 0.05) is 80.5 Å². The van der Waals surface area contributed by atoms with Gasteiger partial charge in [-0.3, -0.25) is 4.99 Å². The van der Waals surface area contributed by atoms with E-state index in [-0.39, 0.29) is 0 Å². The zero-order valence-electron chi connectivity index (χ0n) is 25.5. The van der Waals surface area contributed by atoms with Crippen LogP contribution in [0.3, 0.4) is 0 Å². The first-order valence-electron chi connectivity index (χ1n) is 14.6. The molecule has 2 aromatic carbocycles. The molecular weight excluding hydrogens is 553 g/mol. The topological polar surface area (TPSA) is 22.7 Å². The summed E-state index contributed by atoms with van der Waals surface area (Å²) < 4.78 is 2.13. The van der Waals surface area contributed by atoms with Crippen LogP contribution in [-0.2, 0) is 7.05 Å². The van der Waals surface area contributed by atoms with Crippen molar-refractivity contribution in [3.05, 3.63) is 120 Å². The summed E-state index contributed by atoms with van der Waals surface area (Å²) in [5.74, 6) is 2.21. The van der Waals surface area contributed by atoms with Crippen LogP contribution in [0.2, 0.25) is 0 Å². The molecule has 3 aromatic rings. The lowest BCUT2D eigenvalue weighted by Crippen LogP contribution is -2.30. The van der Waals surface area contributed by atoms with Crippen molar-refractivity contribution < 1.29 is 4.57 Å². The van der Waals surface area contributed by atoms with Gasteiger partial charge >= 0.3 is 0 Å². The number of aliphatic imine (C=N–C) groups is 1. The predicted octanol–water partition coefficient (Wildman–Crippen LogP) is 8.24. The largest absolute Gasteiger partial charge is 0.371 e. The van der Waals surface area contributed by atoms with Gasteiger partial charge in [-0.2, -0.15) is 0 Å². The van der Waals surface area contributed by atoms with E-state index in [1.807, 2.05) is 52.0 Å². The molecule has 1 heterocycles. The summed E-state index contributed by atoms with van der Waals surface area (Å²) in [4.78, 5) is 8.83. The second kappa shape index (κ2) is 19.6. The van der Waals surface area contributed by atoms with E-state index < -0.39 is 0 Å². The van der Waals surface area contributed by atoms with Gasteiger partial charge < -0.3 is 9.80 Å². The van der Waals surface area contributed by atoms with Crippen LogP contribution in [0.4, 0.5) is 11.4 Å². The lowest BCUT2D eigenvalue weighted by atomic mass is 10.1. The number of allylic oxidation sites excluding steroid dienone is 5. The molecule has 0 saturated heterocycles. The normalized spacial score (nSPS) is 12.1. The second-order valence-electron chi connectivity index (χ2n) is 9.59. The first-order chi connectivity index (χ1) is 20.6. The average molecular weight is 598 g/mol. The van der Waals surface area contributed by atoms with Crippen LogP contribution in [0.5, 0.6) is 0 Å². The molecule has 4 nitrogen and oxygen atoms in total. The van der Waals surface area contributed by atoms with Crippen LogP contribution < -0.4 is 14.4 Å². The molecule has 0 saturated carbocycles. The number of aromatic nitrogens is 1. The smallest absolute Gasteiger partial charge is 0.204 e. The van der Waals surface area contributed by atoms with E-state index in [2.05, 4.69) is 131 Å². The maximum absolute atomic E-state index is 3.92. The number of hydrogen-bond acceptors (Lipinski definition) is 5. The highest BCUT2D eigenvalue weighted by atomic mass is 33.1. The molecule has 0 aliphatic rings.